The Morgan fingerprint density at radius 3 is 2.44 bits per heavy atom. The zero-order valence-electron chi connectivity index (χ0n) is 10.5. The Balaban J connectivity index is 2.66. The Morgan fingerprint density at radius 2 is 1.94 bits per heavy atom. The molecule has 0 spiro atoms. The van der Waals surface area contributed by atoms with Crippen LogP contribution in [0.1, 0.15) is 12.5 Å². The zero-order valence-corrected chi connectivity index (χ0v) is 12.2. The highest BCUT2D eigenvalue weighted by Gasteiger charge is 2.27. The van der Waals surface area contributed by atoms with Crippen molar-refractivity contribution in [2.24, 2.45) is 5.73 Å². The van der Waals surface area contributed by atoms with E-state index < -0.39 is 15.3 Å². The molecule has 0 saturated heterocycles. The van der Waals surface area contributed by atoms with Crippen molar-refractivity contribution in [1.82, 2.24) is 4.31 Å². The molecule has 1 unspecified atom stereocenters. The summed E-state index contributed by atoms with van der Waals surface area (Å²) in [6, 6.07) is 9.73. The lowest BCUT2D eigenvalue weighted by Crippen LogP contribution is -2.41. The van der Waals surface area contributed by atoms with Crippen LogP contribution in [0.3, 0.4) is 0 Å². The summed E-state index contributed by atoms with van der Waals surface area (Å²) < 4.78 is 25.4. The molecule has 0 heterocycles. The average molecular weight is 286 g/mol. The predicted molar refractivity (Wildman–Crippen MR) is 77.9 cm³/mol. The topological polar surface area (TPSA) is 63.4 Å². The summed E-state index contributed by atoms with van der Waals surface area (Å²) in [6.45, 7) is 1.93. The van der Waals surface area contributed by atoms with E-state index in [-0.39, 0.29) is 4.99 Å². The first-order chi connectivity index (χ1) is 8.35. The van der Waals surface area contributed by atoms with Crippen molar-refractivity contribution in [2.75, 3.05) is 13.6 Å². The molecule has 0 bridgehead atoms. The molecule has 1 atom stereocenters. The van der Waals surface area contributed by atoms with Gasteiger partial charge < -0.3 is 5.73 Å². The highest BCUT2D eigenvalue weighted by Crippen LogP contribution is 2.09. The summed E-state index contributed by atoms with van der Waals surface area (Å²) >= 11 is 4.74. The summed E-state index contributed by atoms with van der Waals surface area (Å²) in [5, 5.41) is -0.826. The highest BCUT2D eigenvalue weighted by molar-refractivity contribution is 7.92. The summed E-state index contributed by atoms with van der Waals surface area (Å²) in [7, 11) is -1.89. The molecular weight excluding hydrogens is 268 g/mol. The third kappa shape index (κ3) is 3.76. The molecule has 1 aromatic rings. The molecule has 18 heavy (non-hydrogen) atoms. The van der Waals surface area contributed by atoms with Gasteiger partial charge in [-0.3, -0.25) is 0 Å². The molecule has 0 amide bonds. The van der Waals surface area contributed by atoms with E-state index in [4.69, 9.17) is 18.0 Å². The number of thiocarbonyl (C=S) groups is 1. The van der Waals surface area contributed by atoms with Gasteiger partial charge in [-0.2, -0.15) is 0 Å². The van der Waals surface area contributed by atoms with E-state index in [2.05, 4.69) is 0 Å². The SMILES string of the molecule is CC(C(N)=S)S(=O)(=O)N(C)CCc1ccccc1. The first-order valence-corrected chi connectivity index (χ1v) is 7.55. The lowest BCUT2D eigenvalue weighted by atomic mass is 10.2. The number of sulfonamides is 1. The summed E-state index contributed by atoms with van der Waals surface area (Å²) in [6.07, 6.45) is 0.667. The summed E-state index contributed by atoms with van der Waals surface area (Å²) in [5.74, 6) is 0. The van der Waals surface area contributed by atoms with E-state index in [9.17, 15) is 8.42 Å². The summed E-state index contributed by atoms with van der Waals surface area (Å²) in [5.41, 5.74) is 6.49. The maximum absolute atomic E-state index is 12.1. The van der Waals surface area contributed by atoms with Gasteiger partial charge in [0.05, 0.1) is 4.99 Å². The summed E-state index contributed by atoms with van der Waals surface area (Å²) in [4.78, 5) is 0.00145. The van der Waals surface area contributed by atoms with Gasteiger partial charge in [-0.1, -0.05) is 42.5 Å². The molecular formula is C12H18N2O2S2. The number of likely N-dealkylation sites (N-methyl/N-ethyl adjacent to an activating group) is 1. The standard InChI is InChI=1S/C12H18N2O2S2/c1-10(12(13)17)18(15,16)14(2)9-8-11-6-4-3-5-7-11/h3-7,10H,8-9H2,1-2H3,(H2,13,17). The third-order valence-electron chi connectivity index (χ3n) is 2.84. The van der Waals surface area contributed by atoms with E-state index in [1.54, 1.807) is 7.05 Å². The highest BCUT2D eigenvalue weighted by atomic mass is 32.2. The fourth-order valence-electron chi connectivity index (χ4n) is 1.48. The van der Waals surface area contributed by atoms with Crippen LogP contribution in [0.2, 0.25) is 0 Å². The quantitative estimate of drug-likeness (QED) is 0.797. The van der Waals surface area contributed by atoms with Gasteiger partial charge in [0.1, 0.15) is 5.25 Å². The number of hydrogen-bond acceptors (Lipinski definition) is 3. The Kier molecular flexibility index (Phi) is 5.25. The molecule has 0 radical (unpaired) electrons. The third-order valence-corrected chi connectivity index (χ3v) is 5.54. The molecule has 0 aliphatic carbocycles. The van der Waals surface area contributed by atoms with E-state index in [1.807, 2.05) is 30.3 Å². The van der Waals surface area contributed by atoms with Crippen LogP contribution in [0.4, 0.5) is 0 Å². The molecule has 0 aliphatic heterocycles. The van der Waals surface area contributed by atoms with Crippen molar-refractivity contribution in [2.45, 2.75) is 18.6 Å². The van der Waals surface area contributed by atoms with Crippen LogP contribution >= 0.6 is 12.2 Å². The van der Waals surface area contributed by atoms with E-state index >= 15 is 0 Å². The maximum Gasteiger partial charge on any atom is 0.222 e. The molecule has 0 saturated carbocycles. The van der Waals surface area contributed by atoms with Crippen LogP contribution in [0.25, 0.3) is 0 Å². The second-order valence-electron chi connectivity index (χ2n) is 4.15. The minimum absolute atomic E-state index is 0.00145. The Bertz CT molecular complexity index is 500. The van der Waals surface area contributed by atoms with Crippen LogP contribution in [0.5, 0.6) is 0 Å². The van der Waals surface area contributed by atoms with Crippen molar-refractivity contribution in [3.63, 3.8) is 0 Å². The monoisotopic (exact) mass is 286 g/mol. The Labute approximate surface area is 114 Å². The minimum Gasteiger partial charge on any atom is -0.392 e. The largest absolute Gasteiger partial charge is 0.392 e. The molecule has 6 heteroatoms. The van der Waals surface area contributed by atoms with Crippen molar-refractivity contribution >= 4 is 27.2 Å². The van der Waals surface area contributed by atoms with Crippen molar-refractivity contribution < 1.29 is 8.42 Å². The van der Waals surface area contributed by atoms with E-state index in [0.29, 0.717) is 13.0 Å². The van der Waals surface area contributed by atoms with Gasteiger partial charge >= 0.3 is 0 Å². The van der Waals surface area contributed by atoms with Gasteiger partial charge in [0.25, 0.3) is 0 Å². The lowest BCUT2D eigenvalue weighted by molar-refractivity contribution is 0.470. The van der Waals surface area contributed by atoms with Gasteiger partial charge in [-0.15, -0.1) is 0 Å². The molecule has 1 aromatic carbocycles. The molecule has 0 fully saturated rings. The molecule has 0 aliphatic rings. The van der Waals surface area contributed by atoms with Gasteiger partial charge in [-0.25, -0.2) is 12.7 Å². The van der Waals surface area contributed by atoms with E-state index in [1.165, 1.54) is 11.2 Å². The fraction of sp³-hybridized carbons (Fsp3) is 0.417. The lowest BCUT2D eigenvalue weighted by Gasteiger charge is -2.21. The van der Waals surface area contributed by atoms with E-state index in [0.717, 1.165) is 5.56 Å². The molecule has 0 aromatic heterocycles. The average Bonchev–Trinajstić information content (AvgIpc) is 2.35. The first kappa shape index (κ1) is 15.1. The smallest absolute Gasteiger partial charge is 0.222 e. The van der Waals surface area contributed by atoms with Crippen LogP contribution in [0, 0.1) is 0 Å². The fourth-order valence-corrected chi connectivity index (χ4v) is 3.02. The number of nitrogens with two attached hydrogens (primary N) is 1. The normalized spacial score (nSPS) is 13.5. The van der Waals surface area contributed by atoms with Gasteiger partial charge in [0.2, 0.25) is 10.0 Å². The Morgan fingerprint density at radius 1 is 1.39 bits per heavy atom. The second-order valence-corrected chi connectivity index (χ2v) is 6.98. The molecule has 100 valence electrons. The van der Waals surface area contributed by atoms with Crippen LogP contribution < -0.4 is 5.73 Å². The number of rotatable bonds is 6. The number of hydrogen-bond donors (Lipinski definition) is 1. The van der Waals surface area contributed by atoms with Crippen LogP contribution in [-0.2, 0) is 16.4 Å². The minimum atomic E-state index is -3.44. The van der Waals surface area contributed by atoms with Crippen molar-refractivity contribution in [1.29, 1.82) is 0 Å². The second kappa shape index (κ2) is 6.26. The zero-order chi connectivity index (χ0) is 13.8. The van der Waals surface area contributed by atoms with Gasteiger partial charge in [0.15, 0.2) is 0 Å². The van der Waals surface area contributed by atoms with Gasteiger partial charge in [-0.05, 0) is 18.9 Å². The predicted octanol–water partition coefficient (Wildman–Crippen LogP) is 1.17. The molecule has 2 N–H and O–H groups in total. The molecule has 4 nitrogen and oxygen atoms in total. The van der Waals surface area contributed by atoms with Crippen molar-refractivity contribution in [3.8, 4) is 0 Å². The number of benzene rings is 1. The van der Waals surface area contributed by atoms with Crippen LogP contribution in [0.15, 0.2) is 30.3 Å². The Hall–Kier alpha value is -0.980. The first-order valence-electron chi connectivity index (χ1n) is 5.64. The van der Waals surface area contributed by atoms with Crippen molar-refractivity contribution in [3.05, 3.63) is 35.9 Å². The van der Waals surface area contributed by atoms with Crippen LogP contribution in [-0.4, -0.2) is 36.6 Å². The molecule has 1 rings (SSSR count). The number of nitrogens with zero attached hydrogens (tertiary/aromatic N) is 1. The maximum atomic E-state index is 12.1. The van der Waals surface area contributed by atoms with Gasteiger partial charge in [0, 0.05) is 13.6 Å².